The average Bonchev–Trinajstić information content (AvgIpc) is 2.37. The van der Waals surface area contributed by atoms with E-state index in [-0.39, 0.29) is 0 Å². The smallest absolute Gasteiger partial charge is 0.0604 e. The van der Waals surface area contributed by atoms with E-state index in [0.717, 1.165) is 12.3 Å². The monoisotopic (exact) mass is 156 g/mol. The molecule has 1 aliphatic carbocycles. The molecule has 1 fully saturated rings. The summed E-state index contributed by atoms with van der Waals surface area (Å²) in [5, 5.41) is 0. The fourth-order valence-corrected chi connectivity index (χ4v) is 1.71. The fourth-order valence-electron chi connectivity index (χ4n) is 1.71. The predicted octanol–water partition coefficient (Wildman–Crippen LogP) is 2.99. The first-order chi connectivity index (χ1) is 5.24. The second-order valence-corrected chi connectivity index (χ2v) is 3.80. The summed E-state index contributed by atoms with van der Waals surface area (Å²) in [6, 6.07) is 0. The molecular formula is C10H20O. The topological polar surface area (TPSA) is 9.23 Å². The van der Waals surface area contributed by atoms with Crippen molar-refractivity contribution >= 4 is 0 Å². The van der Waals surface area contributed by atoms with E-state index < -0.39 is 0 Å². The number of rotatable bonds is 3. The van der Waals surface area contributed by atoms with Gasteiger partial charge in [0.25, 0.3) is 0 Å². The standard InChI is InChI=1S/C10H20O/c1-4-9(3)11-10-7-5-6-8(10)2/h8-10H,4-7H2,1-3H3/t8-,9?,10+/m1/s1. The Morgan fingerprint density at radius 1 is 1.45 bits per heavy atom. The first kappa shape index (κ1) is 9.05. The summed E-state index contributed by atoms with van der Waals surface area (Å²) in [4.78, 5) is 0. The van der Waals surface area contributed by atoms with Crippen LogP contribution in [-0.2, 0) is 4.74 Å². The quantitative estimate of drug-likeness (QED) is 0.610. The summed E-state index contributed by atoms with van der Waals surface area (Å²) < 4.78 is 5.87. The van der Waals surface area contributed by atoms with Crippen molar-refractivity contribution in [3.05, 3.63) is 0 Å². The van der Waals surface area contributed by atoms with Crippen LogP contribution in [0.4, 0.5) is 0 Å². The van der Waals surface area contributed by atoms with Gasteiger partial charge < -0.3 is 4.74 Å². The highest BCUT2D eigenvalue weighted by Crippen LogP contribution is 2.28. The highest BCUT2D eigenvalue weighted by Gasteiger charge is 2.24. The second-order valence-electron chi connectivity index (χ2n) is 3.80. The number of hydrogen-bond acceptors (Lipinski definition) is 1. The zero-order chi connectivity index (χ0) is 8.27. The molecule has 1 saturated carbocycles. The molecule has 0 spiro atoms. The van der Waals surface area contributed by atoms with Gasteiger partial charge in [-0.2, -0.15) is 0 Å². The molecule has 66 valence electrons. The van der Waals surface area contributed by atoms with Gasteiger partial charge in [0.15, 0.2) is 0 Å². The molecule has 0 aliphatic heterocycles. The normalized spacial score (nSPS) is 34.1. The van der Waals surface area contributed by atoms with Crippen LogP contribution in [0, 0.1) is 5.92 Å². The summed E-state index contributed by atoms with van der Waals surface area (Å²) in [7, 11) is 0. The summed E-state index contributed by atoms with van der Waals surface area (Å²) in [5.74, 6) is 0.795. The van der Waals surface area contributed by atoms with E-state index in [4.69, 9.17) is 4.74 Å². The van der Waals surface area contributed by atoms with Gasteiger partial charge in [-0.3, -0.25) is 0 Å². The van der Waals surface area contributed by atoms with Gasteiger partial charge in [-0.25, -0.2) is 0 Å². The molecule has 1 unspecified atom stereocenters. The van der Waals surface area contributed by atoms with Crippen LogP contribution < -0.4 is 0 Å². The summed E-state index contributed by atoms with van der Waals surface area (Å²) in [6.07, 6.45) is 6.17. The van der Waals surface area contributed by atoms with Crippen LogP contribution in [0.25, 0.3) is 0 Å². The Balaban J connectivity index is 2.24. The average molecular weight is 156 g/mol. The minimum absolute atomic E-state index is 0.459. The van der Waals surface area contributed by atoms with Gasteiger partial charge in [-0.1, -0.05) is 20.3 Å². The van der Waals surface area contributed by atoms with Crippen molar-refractivity contribution in [2.24, 2.45) is 5.92 Å². The zero-order valence-corrected chi connectivity index (χ0v) is 7.97. The van der Waals surface area contributed by atoms with Gasteiger partial charge in [0.1, 0.15) is 0 Å². The largest absolute Gasteiger partial charge is 0.375 e. The van der Waals surface area contributed by atoms with Crippen molar-refractivity contribution in [1.29, 1.82) is 0 Å². The maximum Gasteiger partial charge on any atom is 0.0604 e. The van der Waals surface area contributed by atoms with Crippen molar-refractivity contribution in [3.8, 4) is 0 Å². The van der Waals surface area contributed by atoms with Crippen molar-refractivity contribution in [2.45, 2.75) is 58.7 Å². The van der Waals surface area contributed by atoms with E-state index in [1.807, 2.05) is 0 Å². The maximum absolute atomic E-state index is 5.87. The molecule has 0 saturated heterocycles. The zero-order valence-electron chi connectivity index (χ0n) is 7.97. The Kier molecular flexibility index (Phi) is 3.38. The van der Waals surface area contributed by atoms with E-state index in [2.05, 4.69) is 20.8 Å². The first-order valence-corrected chi connectivity index (χ1v) is 4.89. The molecule has 3 atom stereocenters. The molecule has 0 amide bonds. The Morgan fingerprint density at radius 2 is 2.18 bits per heavy atom. The predicted molar refractivity (Wildman–Crippen MR) is 47.6 cm³/mol. The Bertz CT molecular complexity index is 111. The summed E-state index contributed by atoms with van der Waals surface area (Å²) in [6.45, 7) is 6.66. The molecular weight excluding hydrogens is 136 g/mol. The lowest BCUT2D eigenvalue weighted by molar-refractivity contribution is -0.0197. The molecule has 0 heterocycles. The van der Waals surface area contributed by atoms with Gasteiger partial charge >= 0.3 is 0 Å². The van der Waals surface area contributed by atoms with Crippen LogP contribution in [0.3, 0.4) is 0 Å². The summed E-state index contributed by atoms with van der Waals surface area (Å²) >= 11 is 0. The van der Waals surface area contributed by atoms with Crippen molar-refractivity contribution in [3.63, 3.8) is 0 Å². The van der Waals surface area contributed by atoms with Crippen LogP contribution >= 0.6 is 0 Å². The van der Waals surface area contributed by atoms with E-state index in [0.29, 0.717) is 12.2 Å². The van der Waals surface area contributed by atoms with Crippen LogP contribution in [0.15, 0.2) is 0 Å². The first-order valence-electron chi connectivity index (χ1n) is 4.89. The second kappa shape index (κ2) is 4.10. The third-order valence-electron chi connectivity index (χ3n) is 2.76. The highest BCUT2D eigenvalue weighted by molar-refractivity contribution is 4.75. The Hall–Kier alpha value is -0.0400. The maximum atomic E-state index is 5.87. The van der Waals surface area contributed by atoms with E-state index in [1.165, 1.54) is 19.3 Å². The summed E-state index contributed by atoms with van der Waals surface area (Å²) in [5.41, 5.74) is 0. The third kappa shape index (κ3) is 2.48. The number of hydrogen-bond donors (Lipinski definition) is 0. The molecule has 0 radical (unpaired) electrons. The van der Waals surface area contributed by atoms with Gasteiger partial charge in [0, 0.05) is 0 Å². The molecule has 0 aromatic carbocycles. The third-order valence-corrected chi connectivity index (χ3v) is 2.76. The van der Waals surface area contributed by atoms with E-state index in [1.54, 1.807) is 0 Å². The van der Waals surface area contributed by atoms with Crippen LogP contribution in [0.1, 0.15) is 46.5 Å². The van der Waals surface area contributed by atoms with Crippen molar-refractivity contribution < 1.29 is 4.74 Å². The lowest BCUT2D eigenvalue weighted by Gasteiger charge is -2.20. The van der Waals surface area contributed by atoms with Gasteiger partial charge in [0.2, 0.25) is 0 Å². The molecule has 11 heavy (non-hydrogen) atoms. The molecule has 1 aliphatic rings. The van der Waals surface area contributed by atoms with Gasteiger partial charge in [0.05, 0.1) is 12.2 Å². The van der Waals surface area contributed by atoms with E-state index >= 15 is 0 Å². The lowest BCUT2D eigenvalue weighted by atomic mass is 10.1. The fraction of sp³-hybridized carbons (Fsp3) is 1.00. The molecule has 1 heteroatoms. The minimum Gasteiger partial charge on any atom is -0.375 e. The SMILES string of the molecule is CCC(C)O[C@H]1CCC[C@H]1C. The van der Waals surface area contributed by atoms with E-state index in [9.17, 15) is 0 Å². The highest BCUT2D eigenvalue weighted by atomic mass is 16.5. The van der Waals surface area contributed by atoms with Crippen molar-refractivity contribution in [1.82, 2.24) is 0 Å². The van der Waals surface area contributed by atoms with Crippen molar-refractivity contribution in [2.75, 3.05) is 0 Å². The molecule has 1 nitrogen and oxygen atoms in total. The van der Waals surface area contributed by atoms with Gasteiger partial charge in [-0.05, 0) is 32.1 Å². The molecule has 1 rings (SSSR count). The molecule has 0 aromatic rings. The number of ether oxygens (including phenoxy) is 1. The Labute approximate surface area is 70.1 Å². The van der Waals surface area contributed by atoms with Crippen LogP contribution in [0.5, 0.6) is 0 Å². The lowest BCUT2D eigenvalue weighted by Crippen LogP contribution is -2.21. The Morgan fingerprint density at radius 3 is 2.64 bits per heavy atom. The molecule has 0 aromatic heterocycles. The van der Waals surface area contributed by atoms with Crippen LogP contribution in [-0.4, -0.2) is 12.2 Å². The molecule has 0 N–H and O–H groups in total. The van der Waals surface area contributed by atoms with Crippen LogP contribution in [0.2, 0.25) is 0 Å². The van der Waals surface area contributed by atoms with Gasteiger partial charge in [-0.15, -0.1) is 0 Å². The molecule has 0 bridgehead atoms. The minimum atomic E-state index is 0.459.